The number of halogens is 1. The van der Waals surface area contributed by atoms with Crippen LogP contribution in [0.5, 0.6) is 0 Å². The Morgan fingerprint density at radius 2 is 1.75 bits per heavy atom. The van der Waals surface area contributed by atoms with Gasteiger partial charge in [-0.15, -0.1) is 0 Å². The average molecular weight is 456 g/mol. The number of carboxylic acid groups (broad SMARTS) is 1. The molecule has 0 aliphatic carbocycles. The minimum absolute atomic E-state index is 0.0590. The molecule has 1 unspecified atom stereocenters. The highest BCUT2D eigenvalue weighted by Crippen LogP contribution is 2.34. The van der Waals surface area contributed by atoms with E-state index in [4.69, 9.17) is 16.7 Å². The number of Topliss-reactive ketones (excluding diaryl/α,β-unsaturated/α-hetero) is 1. The first-order chi connectivity index (χ1) is 15.4. The van der Waals surface area contributed by atoms with Crippen molar-refractivity contribution in [3.8, 4) is 0 Å². The van der Waals surface area contributed by atoms with Crippen molar-refractivity contribution in [2.24, 2.45) is 7.05 Å². The second-order valence-corrected chi connectivity index (χ2v) is 8.69. The van der Waals surface area contributed by atoms with Gasteiger partial charge < -0.3 is 14.8 Å². The fourth-order valence-electron chi connectivity index (χ4n) is 4.27. The molecule has 1 heterocycles. The number of aliphatic hydroxyl groups is 1. The Hall–Kier alpha value is -2.63. The van der Waals surface area contributed by atoms with Gasteiger partial charge in [-0.1, -0.05) is 54.8 Å². The third kappa shape index (κ3) is 5.99. The van der Waals surface area contributed by atoms with Crippen LogP contribution in [-0.2, 0) is 18.3 Å². The van der Waals surface area contributed by atoms with E-state index in [1.165, 1.54) is 5.56 Å². The van der Waals surface area contributed by atoms with Crippen molar-refractivity contribution in [1.29, 1.82) is 0 Å². The van der Waals surface area contributed by atoms with Crippen LogP contribution in [0.15, 0.2) is 48.5 Å². The van der Waals surface area contributed by atoms with Gasteiger partial charge >= 0.3 is 5.97 Å². The van der Waals surface area contributed by atoms with E-state index in [0.717, 1.165) is 31.2 Å². The SMILES string of the molecule is Cn1c(C(O)CCCCCc2ccccc2)c(C(=O)CCCC(=O)O)c2cc(Cl)ccc21. The van der Waals surface area contributed by atoms with Crippen LogP contribution in [0.25, 0.3) is 10.9 Å². The number of carboxylic acids is 1. The molecule has 0 fully saturated rings. The lowest BCUT2D eigenvalue weighted by Gasteiger charge is -2.15. The minimum Gasteiger partial charge on any atom is -0.481 e. The Labute approximate surface area is 193 Å². The third-order valence-corrected chi connectivity index (χ3v) is 6.12. The highest BCUT2D eigenvalue weighted by molar-refractivity contribution is 6.31. The lowest BCUT2D eigenvalue weighted by atomic mass is 9.97. The summed E-state index contributed by atoms with van der Waals surface area (Å²) in [5.74, 6) is -1.08. The van der Waals surface area contributed by atoms with Crippen molar-refractivity contribution in [3.63, 3.8) is 0 Å². The summed E-state index contributed by atoms with van der Waals surface area (Å²) in [5, 5.41) is 21.1. The lowest BCUT2D eigenvalue weighted by molar-refractivity contribution is -0.137. The second kappa shape index (κ2) is 11.3. The normalized spacial score (nSPS) is 12.2. The van der Waals surface area contributed by atoms with Crippen molar-refractivity contribution in [3.05, 3.63) is 70.4 Å². The number of carbonyl (C=O) groups excluding carboxylic acids is 1. The molecule has 0 spiro atoms. The number of unbranched alkanes of at least 4 members (excludes halogenated alkanes) is 2. The molecule has 5 nitrogen and oxygen atoms in total. The summed E-state index contributed by atoms with van der Waals surface area (Å²) < 4.78 is 1.87. The van der Waals surface area contributed by atoms with Crippen molar-refractivity contribution in [2.45, 2.75) is 57.5 Å². The maximum absolute atomic E-state index is 13.1. The van der Waals surface area contributed by atoms with Crippen molar-refractivity contribution < 1.29 is 19.8 Å². The summed E-state index contributed by atoms with van der Waals surface area (Å²) in [6, 6.07) is 15.7. The molecule has 0 saturated heterocycles. The van der Waals surface area contributed by atoms with E-state index in [0.29, 0.717) is 28.1 Å². The van der Waals surface area contributed by atoms with Crippen LogP contribution < -0.4 is 0 Å². The zero-order valence-corrected chi connectivity index (χ0v) is 19.1. The Morgan fingerprint density at radius 3 is 2.47 bits per heavy atom. The Balaban J connectivity index is 1.72. The van der Waals surface area contributed by atoms with Crippen molar-refractivity contribution >= 4 is 34.3 Å². The van der Waals surface area contributed by atoms with Crippen LogP contribution in [0, 0.1) is 0 Å². The lowest BCUT2D eigenvalue weighted by Crippen LogP contribution is -2.11. The number of aryl methyl sites for hydroxylation is 2. The molecular formula is C26H30ClNO4. The summed E-state index contributed by atoms with van der Waals surface area (Å²) in [4.78, 5) is 23.9. The van der Waals surface area contributed by atoms with E-state index >= 15 is 0 Å². The molecule has 6 heteroatoms. The predicted octanol–water partition coefficient (Wildman–Crippen LogP) is 6.11. The molecule has 0 aliphatic heterocycles. The number of nitrogens with zero attached hydrogens (tertiary/aromatic N) is 1. The number of aliphatic carboxylic acids is 1. The fourth-order valence-corrected chi connectivity index (χ4v) is 4.44. The molecule has 0 bridgehead atoms. The van der Waals surface area contributed by atoms with Gasteiger partial charge in [0.25, 0.3) is 0 Å². The summed E-state index contributed by atoms with van der Waals surface area (Å²) in [5.41, 5.74) is 3.19. The number of carbonyl (C=O) groups is 2. The molecule has 1 aromatic heterocycles. The predicted molar refractivity (Wildman–Crippen MR) is 127 cm³/mol. The molecule has 3 aromatic rings. The van der Waals surface area contributed by atoms with E-state index in [1.807, 2.05) is 35.9 Å². The number of aliphatic hydroxyl groups excluding tert-OH is 1. The molecule has 0 amide bonds. The molecule has 0 saturated carbocycles. The number of hydrogen-bond acceptors (Lipinski definition) is 3. The molecule has 32 heavy (non-hydrogen) atoms. The topological polar surface area (TPSA) is 79.5 Å². The number of rotatable bonds is 12. The van der Waals surface area contributed by atoms with Gasteiger partial charge in [-0.05, 0) is 49.4 Å². The molecule has 0 aliphatic rings. The standard InChI is InChI=1S/C26H30ClNO4/c1-28-21-16-15-19(27)17-20(21)25(22(29)13-8-14-24(31)32)26(28)23(30)12-7-3-6-11-18-9-4-2-5-10-18/h2,4-5,9-10,15-17,23,30H,3,6-8,11-14H2,1H3,(H,31,32). The molecule has 170 valence electrons. The second-order valence-electron chi connectivity index (χ2n) is 8.25. The van der Waals surface area contributed by atoms with Gasteiger partial charge in [0.2, 0.25) is 0 Å². The van der Waals surface area contributed by atoms with Gasteiger partial charge in [0.05, 0.1) is 11.8 Å². The van der Waals surface area contributed by atoms with Gasteiger partial charge in [-0.2, -0.15) is 0 Å². The number of aromatic nitrogens is 1. The van der Waals surface area contributed by atoms with E-state index in [-0.39, 0.29) is 25.0 Å². The third-order valence-electron chi connectivity index (χ3n) is 5.88. The molecule has 2 N–H and O–H groups in total. The molecular weight excluding hydrogens is 426 g/mol. The zero-order chi connectivity index (χ0) is 23.1. The van der Waals surface area contributed by atoms with Crippen molar-refractivity contribution in [1.82, 2.24) is 4.57 Å². The van der Waals surface area contributed by atoms with Crippen molar-refractivity contribution in [2.75, 3.05) is 0 Å². The summed E-state index contributed by atoms with van der Waals surface area (Å²) in [7, 11) is 1.85. The first kappa shape index (κ1) is 24.0. The quantitative estimate of drug-likeness (QED) is 0.255. The van der Waals surface area contributed by atoms with E-state index in [1.54, 1.807) is 12.1 Å². The van der Waals surface area contributed by atoms with Crippen LogP contribution in [-0.4, -0.2) is 26.5 Å². The zero-order valence-electron chi connectivity index (χ0n) is 18.4. The summed E-state index contributed by atoms with van der Waals surface area (Å²) in [6.07, 6.45) is 4.00. The number of fused-ring (bicyclic) bond motifs is 1. The highest BCUT2D eigenvalue weighted by Gasteiger charge is 2.25. The average Bonchev–Trinajstić information content (AvgIpc) is 3.05. The smallest absolute Gasteiger partial charge is 0.303 e. The molecule has 0 radical (unpaired) electrons. The van der Waals surface area contributed by atoms with E-state index in [2.05, 4.69) is 12.1 Å². The Bertz CT molecular complexity index is 1070. The van der Waals surface area contributed by atoms with Gasteiger partial charge in [-0.3, -0.25) is 9.59 Å². The molecule has 1 atom stereocenters. The number of benzene rings is 2. The maximum Gasteiger partial charge on any atom is 0.303 e. The first-order valence-electron chi connectivity index (χ1n) is 11.1. The maximum atomic E-state index is 13.1. The van der Waals surface area contributed by atoms with Gasteiger partial charge in [-0.25, -0.2) is 0 Å². The van der Waals surface area contributed by atoms with E-state index in [9.17, 15) is 14.7 Å². The monoisotopic (exact) mass is 455 g/mol. The van der Waals surface area contributed by atoms with Crippen LogP contribution in [0.3, 0.4) is 0 Å². The number of hydrogen-bond donors (Lipinski definition) is 2. The first-order valence-corrected chi connectivity index (χ1v) is 11.5. The summed E-state index contributed by atoms with van der Waals surface area (Å²) in [6.45, 7) is 0. The fraction of sp³-hybridized carbons (Fsp3) is 0.385. The minimum atomic E-state index is -0.922. The molecule has 2 aromatic carbocycles. The van der Waals surface area contributed by atoms with Crippen LogP contribution in [0.2, 0.25) is 5.02 Å². The molecule has 3 rings (SSSR count). The summed E-state index contributed by atoms with van der Waals surface area (Å²) >= 11 is 6.19. The Morgan fingerprint density at radius 1 is 1.00 bits per heavy atom. The Kier molecular flexibility index (Phi) is 8.48. The highest BCUT2D eigenvalue weighted by atomic mass is 35.5. The van der Waals surface area contributed by atoms with Gasteiger partial charge in [0.15, 0.2) is 5.78 Å². The van der Waals surface area contributed by atoms with Gasteiger partial charge in [0.1, 0.15) is 0 Å². The largest absolute Gasteiger partial charge is 0.481 e. The van der Waals surface area contributed by atoms with Crippen LogP contribution in [0.1, 0.15) is 72.7 Å². The number of ketones is 1. The van der Waals surface area contributed by atoms with Crippen LogP contribution in [0.4, 0.5) is 0 Å². The van der Waals surface area contributed by atoms with Gasteiger partial charge in [0, 0.05) is 41.4 Å². The van der Waals surface area contributed by atoms with Crippen LogP contribution >= 0.6 is 11.6 Å². The van der Waals surface area contributed by atoms with E-state index < -0.39 is 12.1 Å².